The molecule has 1 unspecified atom stereocenters. The number of allylic oxidation sites excluding steroid dienone is 1. The van der Waals surface area contributed by atoms with Gasteiger partial charge in [-0.2, -0.15) is 0 Å². The van der Waals surface area contributed by atoms with Crippen molar-refractivity contribution in [3.63, 3.8) is 0 Å². The zero-order chi connectivity index (χ0) is 19.9. The molecule has 1 aliphatic rings. The van der Waals surface area contributed by atoms with Crippen LogP contribution in [0.3, 0.4) is 0 Å². The number of hydrogen-bond acceptors (Lipinski definition) is 5. The first-order valence-electron chi connectivity index (χ1n) is 9.30. The molecule has 1 fully saturated rings. The quantitative estimate of drug-likeness (QED) is 0.662. The van der Waals surface area contributed by atoms with Gasteiger partial charge in [0.25, 0.3) is 0 Å². The number of likely N-dealkylation sites (tertiary alicyclic amines) is 1. The molecule has 0 aromatic heterocycles. The molecule has 1 atom stereocenters. The highest BCUT2D eigenvalue weighted by molar-refractivity contribution is 7.89. The molecule has 0 aliphatic carbocycles. The number of benzene rings is 1. The van der Waals surface area contributed by atoms with E-state index < -0.39 is 21.4 Å². The van der Waals surface area contributed by atoms with Crippen LogP contribution in [0.2, 0.25) is 0 Å². The molecule has 0 amide bonds. The number of hydrogen-bond donors (Lipinski definition) is 2. The first-order valence-corrected chi connectivity index (χ1v) is 10.9. The van der Waals surface area contributed by atoms with Gasteiger partial charge >= 0.3 is 0 Å². The largest absolute Gasteiger partial charge is 0.491 e. The number of primary sulfonamides is 1. The van der Waals surface area contributed by atoms with Gasteiger partial charge in [0.15, 0.2) is 0 Å². The molecular weight excluding hydrogens is 371 g/mol. The van der Waals surface area contributed by atoms with E-state index in [2.05, 4.69) is 6.92 Å². The van der Waals surface area contributed by atoms with Crippen molar-refractivity contribution in [2.24, 2.45) is 5.14 Å². The van der Waals surface area contributed by atoms with E-state index in [1.54, 1.807) is 6.07 Å². The molecule has 1 saturated heterocycles. The third-order valence-corrected chi connectivity index (χ3v) is 5.97. The van der Waals surface area contributed by atoms with Crippen molar-refractivity contribution in [1.82, 2.24) is 4.90 Å². The van der Waals surface area contributed by atoms with Crippen molar-refractivity contribution < 1.29 is 22.7 Å². The number of β-amino-alcohol motifs (C(OH)–C–C–N with tert-alkyl or cyclic N) is 1. The smallest absolute Gasteiger partial charge is 0.212 e. The standard InChI is InChI=1S/C19H29FN2O4S/c1-2-3-4-5-15-10-16(20)12-18(11-15)26-14-17(23)13-22-8-6-19(7-9-22)27(21,24)25/h4-5,10-12,17,19,23H,2-3,6-9,13-14H2,1H3,(H2,21,24,25)/b5-4+. The van der Waals surface area contributed by atoms with E-state index in [9.17, 15) is 17.9 Å². The predicted octanol–water partition coefficient (Wildman–Crippen LogP) is 2.13. The van der Waals surface area contributed by atoms with Gasteiger partial charge in [-0.25, -0.2) is 17.9 Å². The number of aliphatic hydroxyl groups excluding tert-OH is 1. The molecule has 8 heteroatoms. The molecule has 2 rings (SSSR count). The zero-order valence-corrected chi connectivity index (χ0v) is 16.5. The number of ether oxygens (including phenoxy) is 1. The molecule has 0 bridgehead atoms. The second-order valence-corrected chi connectivity index (χ2v) is 8.81. The van der Waals surface area contributed by atoms with Crippen molar-refractivity contribution in [3.05, 3.63) is 35.7 Å². The van der Waals surface area contributed by atoms with Gasteiger partial charge in [0.2, 0.25) is 10.0 Å². The highest BCUT2D eigenvalue weighted by Crippen LogP contribution is 2.19. The molecule has 0 saturated carbocycles. The Bertz CT molecular complexity index is 731. The zero-order valence-electron chi connectivity index (χ0n) is 15.7. The highest BCUT2D eigenvalue weighted by atomic mass is 32.2. The van der Waals surface area contributed by atoms with Crippen LogP contribution in [0.1, 0.15) is 38.2 Å². The Kier molecular flexibility index (Phi) is 8.22. The lowest BCUT2D eigenvalue weighted by Gasteiger charge is -2.32. The van der Waals surface area contributed by atoms with E-state index in [0.717, 1.165) is 18.4 Å². The number of sulfonamides is 1. The van der Waals surface area contributed by atoms with Gasteiger partial charge in [-0.05, 0) is 50.0 Å². The first kappa shape index (κ1) is 21.8. The van der Waals surface area contributed by atoms with Gasteiger partial charge < -0.3 is 14.7 Å². The molecule has 27 heavy (non-hydrogen) atoms. The van der Waals surface area contributed by atoms with E-state index in [1.807, 2.05) is 17.1 Å². The molecule has 1 aromatic rings. The van der Waals surface area contributed by atoms with Crippen molar-refractivity contribution in [3.8, 4) is 5.75 Å². The lowest BCUT2D eigenvalue weighted by molar-refractivity contribution is 0.0619. The minimum Gasteiger partial charge on any atom is -0.491 e. The lowest BCUT2D eigenvalue weighted by Crippen LogP contribution is -2.45. The third-order valence-electron chi connectivity index (χ3n) is 4.57. The van der Waals surface area contributed by atoms with Crippen molar-refractivity contribution in [2.45, 2.75) is 44.0 Å². The number of nitrogens with zero attached hydrogens (tertiary/aromatic N) is 1. The van der Waals surface area contributed by atoms with Crippen LogP contribution in [0.4, 0.5) is 4.39 Å². The topological polar surface area (TPSA) is 92.9 Å². The SMILES string of the molecule is CCC/C=C/c1cc(F)cc(OCC(O)CN2CCC(S(N)(=O)=O)CC2)c1. The van der Waals surface area contributed by atoms with Gasteiger partial charge in [-0.3, -0.25) is 0 Å². The minimum atomic E-state index is -3.50. The maximum atomic E-state index is 13.7. The number of piperidine rings is 1. The molecule has 1 heterocycles. The molecule has 1 aromatic carbocycles. The fourth-order valence-corrected chi connectivity index (χ4v) is 3.98. The highest BCUT2D eigenvalue weighted by Gasteiger charge is 2.27. The first-order chi connectivity index (χ1) is 12.8. The van der Waals surface area contributed by atoms with Gasteiger partial charge in [-0.15, -0.1) is 0 Å². The van der Waals surface area contributed by atoms with E-state index in [0.29, 0.717) is 38.2 Å². The Labute approximate surface area is 160 Å². The molecule has 6 nitrogen and oxygen atoms in total. The van der Waals surface area contributed by atoms with Crippen LogP contribution in [-0.2, 0) is 10.0 Å². The summed E-state index contributed by atoms with van der Waals surface area (Å²) in [4.78, 5) is 1.99. The number of aliphatic hydroxyl groups is 1. The summed E-state index contributed by atoms with van der Waals surface area (Å²) in [6.07, 6.45) is 5.96. The summed E-state index contributed by atoms with van der Waals surface area (Å²) >= 11 is 0. The second kappa shape index (κ2) is 10.2. The van der Waals surface area contributed by atoms with Gasteiger partial charge in [-0.1, -0.05) is 25.5 Å². The lowest BCUT2D eigenvalue weighted by atomic mass is 10.1. The summed E-state index contributed by atoms with van der Waals surface area (Å²) in [5, 5.41) is 14.9. The van der Waals surface area contributed by atoms with Crippen LogP contribution in [0.25, 0.3) is 6.08 Å². The van der Waals surface area contributed by atoms with Gasteiger partial charge in [0, 0.05) is 12.6 Å². The van der Waals surface area contributed by atoms with Crippen LogP contribution in [0, 0.1) is 5.82 Å². The van der Waals surface area contributed by atoms with E-state index in [4.69, 9.17) is 9.88 Å². The van der Waals surface area contributed by atoms with Crippen LogP contribution in [-0.4, -0.2) is 56.0 Å². The summed E-state index contributed by atoms with van der Waals surface area (Å²) in [5.74, 6) is -0.0127. The van der Waals surface area contributed by atoms with Crippen molar-refractivity contribution in [1.29, 1.82) is 0 Å². The predicted molar refractivity (Wildman–Crippen MR) is 104 cm³/mol. The molecule has 3 N–H and O–H groups in total. The van der Waals surface area contributed by atoms with Gasteiger partial charge in [0.05, 0.1) is 5.25 Å². The third kappa shape index (κ3) is 7.57. The summed E-state index contributed by atoms with van der Waals surface area (Å²) < 4.78 is 42.0. The van der Waals surface area contributed by atoms with E-state index in [-0.39, 0.29) is 12.4 Å². The van der Waals surface area contributed by atoms with Crippen molar-refractivity contribution in [2.75, 3.05) is 26.2 Å². The Morgan fingerprint density at radius 2 is 2.07 bits per heavy atom. The summed E-state index contributed by atoms with van der Waals surface area (Å²) in [6, 6.07) is 4.46. The Balaban J connectivity index is 1.81. The number of halogens is 1. The van der Waals surface area contributed by atoms with Crippen LogP contribution < -0.4 is 9.88 Å². The maximum Gasteiger partial charge on any atom is 0.212 e. The second-order valence-electron chi connectivity index (χ2n) is 6.97. The van der Waals surface area contributed by atoms with E-state index >= 15 is 0 Å². The number of unbranched alkanes of at least 4 members (excludes halogenated alkanes) is 1. The van der Waals surface area contributed by atoms with E-state index in [1.165, 1.54) is 12.1 Å². The Morgan fingerprint density at radius 1 is 1.37 bits per heavy atom. The average molecular weight is 401 g/mol. The molecule has 152 valence electrons. The maximum absolute atomic E-state index is 13.7. The fraction of sp³-hybridized carbons (Fsp3) is 0.579. The monoisotopic (exact) mass is 400 g/mol. The van der Waals surface area contributed by atoms with Crippen LogP contribution >= 0.6 is 0 Å². The van der Waals surface area contributed by atoms with Crippen LogP contribution in [0.5, 0.6) is 5.75 Å². The summed E-state index contributed by atoms with van der Waals surface area (Å²) in [6.45, 7) is 3.60. The molecular formula is C19H29FN2O4S. The van der Waals surface area contributed by atoms with Gasteiger partial charge in [0.1, 0.15) is 24.3 Å². The molecule has 0 spiro atoms. The van der Waals surface area contributed by atoms with Crippen LogP contribution in [0.15, 0.2) is 24.3 Å². The Morgan fingerprint density at radius 3 is 2.70 bits per heavy atom. The molecule has 1 aliphatic heterocycles. The summed E-state index contributed by atoms with van der Waals surface area (Å²) in [7, 11) is -3.50. The fourth-order valence-electron chi connectivity index (χ4n) is 3.11. The normalized spacial score (nSPS) is 18.1. The Hall–Kier alpha value is -1.48. The molecule has 0 radical (unpaired) electrons. The summed E-state index contributed by atoms with van der Waals surface area (Å²) in [5.41, 5.74) is 0.720. The average Bonchev–Trinajstić information content (AvgIpc) is 2.59. The number of rotatable bonds is 9. The minimum absolute atomic E-state index is 0.0384. The number of nitrogens with two attached hydrogens (primary N) is 1. The van der Waals surface area contributed by atoms with Crippen molar-refractivity contribution >= 4 is 16.1 Å².